The normalized spacial score (nSPS) is 10.3. The molecule has 0 amide bonds. The van der Waals surface area contributed by atoms with E-state index in [1.807, 2.05) is 0 Å². The third-order valence-corrected chi connectivity index (χ3v) is 2.09. The predicted molar refractivity (Wildman–Crippen MR) is 51.3 cm³/mol. The summed E-state index contributed by atoms with van der Waals surface area (Å²) < 4.78 is 4.90. The second kappa shape index (κ2) is 3.46. The van der Waals surface area contributed by atoms with Crippen molar-refractivity contribution >= 4 is 0 Å². The summed E-state index contributed by atoms with van der Waals surface area (Å²) >= 11 is 0. The van der Waals surface area contributed by atoms with Gasteiger partial charge in [0, 0.05) is 12.0 Å². The summed E-state index contributed by atoms with van der Waals surface area (Å²) in [6.45, 7) is 0. The molecule has 0 spiro atoms. The molecule has 0 saturated heterocycles. The highest BCUT2D eigenvalue weighted by molar-refractivity contribution is 5.45. The molecular weight excluding hydrogens is 180 g/mol. The summed E-state index contributed by atoms with van der Waals surface area (Å²) in [6, 6.07) is 6.50. The van der Waals surface area contributed by atoms with Crippen molar-refractivity contribution in [3.8, 4) is 11.5 Å². The first-order valence-electron chi connectivity index (χ1n) is 4.28. The van der Waals surface area contributed by atoms with Crippen LogP contribution in [0.5, 0.6) is 11.5 Å². The molecule has 0 aliphatic carbocycles. The number of aromatic hydroxyl groups is 2. The number of hydrogen-bond acceptors (Lipinski definition) is 3. The molecule has 14 heavy (non-hydrogen) atoms. The minimum Gasteiger partial charge on any atom is -0.508 e. The van der Waals surface area contributed by atoms with Crippen LogP contribution in [0.4, 0.5) is 0 Å². The second-order valence-electron chi connectivity index (χ2n) is 3.08. The molecule has 1 aromatic heterocycles. The van der Waals surface area contributed by atoms with Crippen molar-refractivity contribution in [1.82, 2.24) is 0 Å². The van der Waals surface area contributed by atoms with E-state index in [0.29, 0.717) is 12.0 Å². The smallest absolute Gasteiger partial charge is 0.122 e. The quantitative estimate of drug-likeness (QED) is 0.763. The van der Waals surface area contributed by atoms with Crippen LogP contribution in [0.15, 0.2) is 41.2 Å². The standard InChI is InChI=1S/C11H10O3/c12-10-2-1-3-11(13)9(10)6-8-4-5-14-7-8/h1-5,7,12-13H,6H2. The maximum atomic E-state index is 9.50. The molecule has 0 saturated carbocycles. The van der Waals surface area contributed by atoms with Crippen LogP contribution in [0.1, 0.15) is 11.1 Å². The summed E-state index contributed by atoms with van der Waals surface area (Å²) in [7, 11) is 0. The monoisotopic (exact) mass is 190 g/mol. The largest absolute Gasteiger partial charge is 0.508 e. The van der Waals surface area contributed by atoms with Gasteiger partial charge in [0.15, 0.2) is 0 Å². The van der Waals surface area contributed by atoms with Crippen molar-refractivity contribution in [2.24, 2.45) is 0 Å². The molecule has 72 valence electrons. The van der Waals surface area contributed by atoms with Gasteiger partial charge in [0.1, 0.15) is 11.5 Å². The van der Waals surface area contributed by atoms with E-state index >= 15 is 0 Å². The molecule has 0 aliphatic rings. The van der Waals surface area contributed by atoms with E-state index in [9.17, 15) is 10.2 Å². The fraction of sp³-hybridized carbons (Fsp3) is 0.0909. The van der Waals surface area contributed by atoms with Crippen molar-refractivity contribution in [3.63, 3.8) is 0 Å². The molecule has 3 heteroatoms. The fourth-order valence-electron chi connectivity index (χ4n) is 1.34. The molecule has 0 radical (unpaired) electrons. The summed E-state index contributed by atoms with van der Waals surface area (Å²) in [5, 5.41) is 19.0. The maximum absolute atomic E-state index is 9.50. The average molecular weight is 190 g/mol. The van der Waals surface area contributed by atoms with E-state index in [1.165, 1.54) is 0 Å². The number of rotatable bonds is 2. The highest BCUT2D eigenvalue weighted by atomic mass is 16.3. The summed E-state index contributed by atoms with van der Waals surface area (Å²) in [5.41, 5.74) is 1.44. The zero-order valence-electron chi connectivity index (χ0n) is 7.47. The lowest BCUT2D eigenvalue weighted by molar-refractivity contribution is 0.440. The lowest BCUT2D eigenvalue weighted by atomic mass is 10.1. The number of phenols is 2. The summed E-state index contributed by atoms with van der Waals surface area (Å²) in [5.74, 6) is 0.206. The second-order valence-corrected chi connectivity index (χ2v) is 3.08. The average Bonchev–Trinajstić information content (AvgIpc) is 2.64. The van der Waals surface area contributed by atoms with Gasteiger partial charge < -0.3 is 14.6 Å². The van der Waals surface area contributed by atoms with Gasteiger partial charge in [0.2, 0.25) is 0 Å². The van der Waals surface area contributed by atoms with Crippen molar-refractivity contribution < 1.29 is 14.6 Å². The van der Waals surface area contributed by atoms with Crippen LogP contribution in [0, 0.1) is 0 Å². The lowest BCUT2D eigenvalue weighted by Gasteiger charge is -2.04. The Labute approximate surface area is 81.2 Å². The number of phenolic OH excluding ortho intramolecular Hbond substituents is 2. The number of benzene rings is 1. The highest BCUT2D eigenvalue weighted by Crippen LogP contribution is 2.28. The fourth-order valence-corrected chi connectivity index (χ4v) is 1.34. The van der Waals surface area contributed by atoms with Crippen molar-refractivity contribution in [3.05, 3.63) is 47.9 Å². The molecule has 2 N–H and O–H groups in total. The molecule has 0 atom stereocenters. The van der Waals surface area contributed by atoms with Gasteiger partial charge in [-0.1, -0.05) is 6.07 Å². The molecule has 2 rings (SSSR count). The molecule has 1 aromatic carbocycles. The minimum absolute atomic E-state index is 0.103. The Morgan fingerprint density at radius 3 is 2.36 bits per heavy atom. The van der Waals surface area contributed by atoms with Crippen LogP contribution >= 0.6 is 0 Å². The Bertz CT molecular complexity index is 398. The van der Waals surface area contributed by atoms with Gasteiger partial charge in [-0.05, 0) is 23.8 Å². The van der Waals surface area contributed by atoms with Gasteiger partial charge in [-0.2, -0.15) is 0 Å². The van der Waals surface area contributed by atoms with Crippen LogP contribution in [0.3, 0.4) is 0 Å². The van der Waals surface area contributed by atoms with Gasteiger partial charge in [-0.25, -0.2) is 0 Å². The molecule has 0 unspecified atom stereocenters. The predicted octanol–water partition coefficient (Wildman–Crippen LogP) is 2.28. The van der Waals surface area contributed by atoms with E-state index in [1.54, 1.807) is 36.8 Å². The van der Waals surface area contributed by atoms with Crippen molar-refractivity contribution in [1.29, 1.82) is 0 Å². The Hall–Kier alpha value is -1.90. The minimum atomic E-state index is 0.103. The van der Waals surface area contributed by atoms with Gasteiger partial charge in [-0.3, -0.25) is 0 Å². The molecule has 1 heterocycles. The zero-order chi connectivity index (χ0) is 9.97. The summed E-state index contributed by atoms with van der Waals surface area (Å²) in [6.07, 6.45) is 3.62. The third kappa shape index (κ3) is 1.57. The van der Waals surface area contributed by atoms with E-state index in [2.05, 4.69) is 0 Å². The molecule has 0 aliphatic heterocycles. The Morgan fingerprint density at radius 1 is 1.07 bits per heavy atom. The molecule has 0 fully saturated rings. The van der Waals surface area contributed by atoms with Crippen LogP contribution < -0.4 is 0 Å². The zero-order valence-corrected chi connectivity index (χ0v) is 7.47. The van der Waals surface area contributed by atoms with Crippen LogP contribution in [-0.2, 0) is 6.42 Å². The lowest BCUT2D eigenvalue weighted by Crippen LogP contribution is -1.87. The SMILES string of the molecule is Oc1cccc(O)c1Cc1ccoc1. The first-order chi connectivity index (χ1) is 6.77. The Morgan fingerprint density at radius 2 is 1.79 bits per heavy atom. The van der Waals surface area contributed by atoms with Gasteiger partial charge in [0.25, 0.3) is 0 Å². The molecule has 3 nitrogen and oxygen atoms in total. The number of furan rings is 1. The highest BCUT2D eigenvalue weighted by Gasteiger charge is 2.07. The van der Waals surface area contributed by atoms with Gasteiger partial charge >= 0.3 is 0 Å². The van der Waals surface area contributed by atoms with Crippen molar-refractivity contribution in [2.45, 2.75) is 6.42 Å². The van der Waals surface area contributed by atoms with Crippen LogP contribution in [0.2, 0.25) is 0 Å². The first-order valence-corrected chi connectivity index (χ1v) is 4.28. The Kier molecular flexibility index (Phi) is 2.14. The molecular formula is C11H10O3. The van der Waals surface area contributed by atoms with E-state index in [-0.39, 0.29) is 11.5 Å². The van der Waals surface area contributed by atoms with E-state index < -0.39 is 0 Å². The van der Waals surface area contributed by atoms with Crippen LogP contribution in [-0.4, -0.2) is 10.2 Å². The Balaban J connectivity index is 2.33. The van der Waals surface area contributed by atoms with E-state index in [0.717, 1.165) is 5.56 Å². The van der Waals surface area contributed by atoms with Gasteiger partial charge in [-0.15, -0.1) is 0 Å². The maximum Gasteiger partial charge on any atom is 0.122 e. The van der Waals surface area contributed by atoms with Crippen molar-refractivity contribution in [2.75, 3.05) is 0 Å². The van der Waals surface area contributed by atoms with Gasteiger partial charge in [0.05, 0.1) is 12.5 Å². The molecule has 2 aromatic rings. The number of hydrogen-bond donors (Lipinski definition) is 2. The third-order valence-electron chi connectivity index (χ3n) is 2.09. The topological polar surface area (TPSA) is 53.6 Å². The van der Waals surface area contributed by atoms with Crippen LogP contribution in [0.25, 0.3) is 0 Å². The molecule has 0 bridgehead atoms. The summed E-state index contributed by atoms with van der Waals surface area (Å²) in [4.78, 5) is 0. The first kappa shape index (κ1) is 8.69. The van der Waals surface area contributed by atoms with E-state index in [4.69, 9.17) is 4.42 Å².